The molecular weight excluding hydrogens is 324 g/mol. The van der Waals surface area contributed by atoms with Crippen LogP contribution in [0.1, 0.15) is 31.9 Å². The number of nitrogens with zero attached hydrogens (tertiary/aromatic N) is 4. The molecule has 0 aliphatic carbocycles. The third-order valence-electron chi connectivity index (χ3n) is 5.85. The first-order valence-electron chi connectivity index (χ1n) is 10.00. The molecule has 0 N–H and O–H groups in total. The molecule has 2 aliphatic heterocycles. The van der Waals surface area contributed by atoms with Crippen LogP contribution in [0.5, 0.6) is 0 Å². The molecule has 26 heavy (non-hydrogen) atoms. The first-order valence-corrected chi connectivity index (χ1v) is 10.00. The van der Waals surface area contributed by atoms with E-state index in [0.717, 1.165) is 58.8 Å². The fraction of sp³-hybridized carbons (Fsp3) is 0.571. The molecule has 0 bridgehead atoms. The largest absolute Gasteiger partial charge is 0.379 e. The molecule has 2 aliphatic rings. The molecular formula is C21H30N4O. The lowest BCUT2D eigenvalue weighted by molar-refractivity contribution is 0.0313. The van der Waals surface area contributed by atoms with Crippen molar-refractivity contribution < 1.29 is 4.74 Å². The number of benzene rings is 1. The molecule has 2 aromatic rings. The van der Waals surface area contributed by atoms with Crippen molar-refractivity contribution in [3.63, 3.8) is 0 Å². The van der Waals surface area contributed by atoms with Gasteiger partial charge in [0.2, 0.25) is 0 Å². The Hall–Kier alpha value is -1.85. The van der Waals surface area contributed by atoms with E-state index in [-0.39, 0.29) is 0 Å². The number of rotatable bonds is 6. The lowest BCUT2D eigenvalue weighted by Gasteiger charge is -2.31. The summed E-state index contributed by atoms with van der Waals surface area (Å²) in [4.78, 5) is 9.47. The number of anilines is 1. The second kappa shape index (κ2) is 7.80. The van der Waals surface area contributed by atoms with Gasteiger partial charge in [-0.3, -0.25) is 4.90 Å². The molecule has 3 heterocycles. The van der Waals surface area contributed by atoms with Crippen LogP contribution in [-0.2, 0) is 11.2 Å². The molecule has 5 nitrogen and oxygen atoms in total. The van der Waals surface area contributed by atoms with Gasteiger partial charge in [-0.05, 0) is 37.5 Å². The molecule has 1 fully saturated rings. The van der Waals surface area contributed by atoms with Gasteiger partial charge >= 0.3 is 0 Å². The zero-order valence-corrected chi connectivity index (χ0v) is 16.0. The molecule has 0 radical (unpaired) electrons. The second-order valence-corrected chi connectivity index (χ2v) is 7.33. The van der Waals surface area contributed by atoms with Crippen LogP contribution in [0, 0.1) is 0 Å². The van der Waals surface area contributed by atoms with Crippen LogP contribution in [-0.4, -0.2) is 60.4 Å². The number of likely N-dealkylation sites (N-methyl/N-ethyl adjacent to an activating group) is 1. The van der Waals surface area contributed by atoms with Crippen LogP contribution in [0.25, 0.3) is 11.3 Å². The normalized spacial score (nSPS) is 18.9. The molecule has 1 saturated heterocycles. The van der Waals surface area contributed by atoms with E-state index in [9.17, 15) is 0 Å². The summed E-state index contributed by atoms with van der Waals surface area (Å²) in [5.41, 5.74) is 5.41. The van der Waals surface area contributed by atoms with E-state index in [2.05, 4.69) is 51.4 Å². The predicted octanol–water partition coefficient (Wildman–Crippen LogP) is 3.22. The Morgan fingerprint density at radius 2 is 2.00 bits per heavy atom. The van der Waals surface area contributed by atoms with Gasteiger partial charge in [0.25, 0.3) is 0 Å². The highest BCUT2D eigenvalue weighted by atomic mass is 16.5. The van der Waals surface area contributed by atoms with Gasteiger partial charge in [0, 0.05) is 50.0 Å². The van der Waals surface area contributed by atoms with Crippen molar-refractivity contribution in [2.75, 3.05) is 50.8 Å². The summed E-state index contributed by atoms with van der Waals surface area (Å²) in [5, 5.41) is 0. The Morgan fingerprint density at radius 1 is 1.15 bits per heavy atom. The fourth-order valence-corrected chi connectivity index (χ4v) is 4.27. The summed E-state index contributed by atoms with van der Waals surface area (Å²) in [6, 6.07) is 7.38. The summed E-state index contributed by atoms with van der Waals surface area (Å²) >= 11 is 0. The summed E-state index contributed by atoms with van der Waals surface area (Å²) in [7, 11) is 0. The number of ether oxygens (including phenoxy) is 1. The van der Waals surface area contributed by atoms with E-state index in [1.54, 1.807) is 0 Å². The van der Waals surface area contributed by atoms with Crippen molar-refractivity contribution in [1.82, 2.24) is 14.5 Å². The maximum atomic E-state index is 5.49. The van der Waals surface area contributed by atoms with Gasteiger partial charge in [-0.15, -0.1) is 0 Å². The van der Waals surface area contributed by atoms with Crippen LogP contribution in [0.15, 0.2) is 30.7 Å². The molecule has 0 spiro atoms. The van der Waals surface area contributed by atoms with Crippen LogP contribution in [0.3, 0.4) is 0 Å². The standard InChI is InChI=1S/C21H30N4O/c1-3-19(15-23-9-11-26-12-10-23)25-16-22-14-21(25)17-5-6-20-18(13-17)7-8-24(20)4-2/h5-6,13-14,16,19H,3-4,7-12,15H2,1-2H3. The van der Waals surface area contributed by atoms with Crippen LogP contribution < -0.4 is 4.90 Å². The van der Waals surface area contributed by atoms with Gasteiger partial charge in [0.05, 0.1) is 31.4 Å². The zero-order valence-electron chi connectivity index (χ0n) is 16.0. The Kier molecular flexibility index (Phi) is 5.27. The summed E-state index contributed by atoms with van der Waals surface area (Å²) in [6.45, 7) is 11.6. The Bertz CT molecular complexity index is 735. The van der Waals surface area contributed by atoms with Gasteiger partial charge in [-0.25, -0.2) is 4.98 Å². The molecule has 1 aromatic heterocycles. The third-order valence-corrected chi connectivity index (χ3v) is 5.85. The first kappa shape index (κ1) is 17.6. The number of hydrogen-bond acceptors (Lipinski definition) is 4. The molecule has 5 heteroatoms. The maximum absolute atomic E-state index is 5.49. The van der Waals surface area contributed by atoms with Crippen molar-refractivity contribution in [2.45, 2.75) is 32.7 Å². The van der Waals surface area contributed by atoms with Gasteiger partial charge in [0.1, 0.15) is 0 Å². The quantitative estimate of drug-likeness (QED) is 0.798. The Balaban J connectivity index is 1.58. The molecule has 1 aromatic carbocycles. The minimum Gasteiger partial charge on any atom is -0.379 e. The van der Waals surface area contributed by atoms with Crippen LogP contribution in [0.4, 0.5) is 5.69 Å². The minimum atomic E-state index is 0.450. The minimum absolute atomic E-state index is 0.450. The van der Waals surface area contributed by atoms with Crippen LogP contribution in [0.2, 0.25) is 0 Å². The highest BCUT2D eigenvalue weighted by Crippen LogP contribution is 2.33. The molecule has 1 atom stereocenters. The van der Waals surface area contributed by atoms with E-state index < -0.39 is 0 Å². The number of imidazole rings is 1. The lowest BCUT2D eigenvalue weighted by atomic mass is 10.1. The van der Waals surface area contributed by atoms with E-state index in [0.29, 0.717) is 6.04 Å². The number of morpholine rings is 1. The smallest absolute Gasteiger partial charge is 0.0954 e. The van der Waals surface area contributed by atoms with E-state index >= 15 is 0 Å². The van der Waals surface area contributed by atoms with Gasteiger partial charge in [0.15, 0.2) is 0 Å². The van der Waals surface area contributed by atoms with Crippen LogP contribution >= 0.6 is 0 Å². The maximum Gasteiger partial charge on any atom is 0.0954 e. The highest BCUT2D eigenvalue weighted by molar-refractivity contribution is 5.68. The molecule has 1 unspecified atom stereocenters. The van der Waals surface area contributed by atoms with Gasteiger partial charge < -0.3 is 14.2 Å². The molecule has 4 rings (SSSR count). The third kappa shape index (κ3) is 3.38. The topological polar surface area (TPSA) is 33.5 Å². The first-order chi connectivity index (χ1) is 12.8. The summed E-state index contributed by atoms with van der Waals surface area (Å²) in [6.07, 6.45) is 6.29. The lowest BCUT2D eigenvalue weighted by Crippen LogP contribution is -2.39. The SMILES string of the molecule is CCC(CN1CCOCC1)n1cncc1-c1ccc2c(c1)CCN2CC. The molecule has 0 amide bonds. The molecule has 0 saturated carbocycles. The van der Waals surface area contributed by atoms with E-state index in [4.69, 9.17) is 4.74 Å². The van der Waals surface area contributed by atoms with Crippen molar-refractivity contribution in [3.05, 3.63) is 36.3 Å². The van der Waals surface area contributed by atoms with E-state index in [1.165, 1.54) is 22.5 Å². The zero-order chi connectivity index (χ0) is 17.9. The van der Waals surface area contributed by atoms with Crippen molar-refractivity contribution in [3.8, 4) is 11.3 Å². The number of hydrogen-bond donors (Lipinski definition) is 0. The van der Waals surface area contributed by atoms with Crippen molar-refractivity contribution >= 4 is 5.69 Å². The van der Waals surface area contributed by atoms with Gasteiger partial charge in [-0.1, -0.05) is 13.0 Å². The molecule has 140 valence electrons. The average molecular weight is 354 g/mol. The highest BCUT2D eigenvalue weighted by Gasteiger charge is 2.21. The number of aromatic nitrogens is 2. The second-order valence-electron chi connectivity index (χ2n) is 7.33. The fourth-order valence-electron chi connectivity index (χ4n) is 4.27. The monoisotopic (exact) mass is 354 g/mol. The Morgan fingerprint density at radius 3 is 2.77 bits per heavy atom. The van der Waals surface area contributed by atoms with Crippen molar-refractivity contribution in [1.29, 1.82) is 0 Å². The number of fused-ring (bicyclic) bond motifs is 1. The average Bonchev–Trinajstić information content (AvgIpc) is 3.33. The summed E-state index contributed by atoms with van der Waals surface area (Å²) in [5.74, 6) is 0. The predicted molar refractivity (Wildman–Crippen MR) is 106 cm³/mol. The summed E-state index contributed by atoms with van der Waals surface area (Å²) < 4.78 is 7.87. The van der Waals surface area contributed by atoms with Crippen molar-refractivity contribution in [2.24, 2.45) is 0 Å². The van der Waals surface area contributed by atoms with E-state index in [1.807, 2.05) is 12.5 Å². The Labute approximate surface area is 156 Å². The van der Waals surface area contributed by atoms with Gasteiger partial charge in [-0.2, -0.15) is 0 Å².